The summed E-state index contributed by atoms with van der Waals surface area (Å²) in [6.45, 7) is 7.42. The van der Waals surface area contributed by atoms with E-state index in [-0.39, 0.29) is 66.4 Å². The summed E-state index contributed by atoms with van der Waals surface area (Å²) in [7, 11) is 0. The van der Waals surface area contributed by atoms with Crippen LogP contribution in [0.15, 0.2) is 72.5 Å². The van der Waals surface area contributed by atoms with E-state index < -0.39 is 11.9 Å². The van der Waals surface area contributed by atoms with Gasteiger partial charge in [-0.05, 0) is 69.0 Å². The number of cyclic esters (lactones) is 1. The zero-order chi connectivity index (χ0) is 36.5. The maximum atomic E-state index is 11.4. The molecule has 0 bridgehead atoms. The minimum Gasteiger partial charge on any atom is -0.431 e. The Morgan fingerprint density at radius 2 is 1.22 bits per heavy atom. The smallest absolute Gasteiger partial charge is 0.319 e. The van der Waals surface area contributed by atoms with Gasteiger partial charge in [-0.3, -0.25) is 38.4 Å². The number of carbonyl (C=O) groups excluding carboxylic acids is 8. The summed E-state index contributed by atoms with van der Waals surface area (Å²) in [6, 6.07) is 18.6. The van der Waals surface area contributed by atoms with Gasteiger partial charge in [0.2, 0.25) is 5.91 Å². The predicted molar refractivity (Wildman–Crippen MR) is 182 cm³/mol. The fourth-order valence-corrected chi connectivity index (χ4v) is 5.68. The van der Waals surface area contributed by atoms with Gasteiger partial charge >= 0.3 is 11.9 Å². The average Bonchev–Trinajstić information content (AvgIpc) is 3.02. The van der Waals surface area contributed by atoms with E-state index in [1.165, 1.54) is 11.6 Å². The number of benzene rings is 3. The van der Waals surface area contributed by atoms with Gasteiger partial charge in [0.1, 0.15) is 35.9 Å². The second-order valence-electron chi connectivity index (χ2n) is 12.4. The predicted octanol–water partition coefficient (Wildman–Crippen LogP) is 5.81. The molecule has 7 rings (SSSR count). The molecule has 0 atom stereocenters. The molecule has 50 heavy (non-hydrogen) atoms. The highest BCUT2D eigenvalue weighted by atomic mass is 16.5. The lowest BCUT2D eigenvalue weighted by Gasteiger charge is -2.21. The van der Waals surface area contributed by atoms with Crippen LogP contribution in [0.4, 0.5) is 5.69 Å². The number of Topliss-reactive ketones (excluding diaryl/α,β-unsaturated/α-hetero) is 4. The Kier molecular flexibility index (Phi) is 12.2. The summed E-state index contributed by atoms with van der Waals surface area (Å²) < 4.78 is 9.46. The number of fused-ring (bicyclic) bond motifs is 2. The van der Waals surface area contributed by atoms with Gasteiger partial charge < -0.3 is 14.8 Å². The minimum atomic E-state index is -0.471. The topological polar surface area (TPSA) is 167 Å². The molecule has 3 aromatic rings. The second-order valence-corrected chi connectivity index (χ2v) is 12.4. The van der Waals surface area contributed by atoms with Gasteiger partial charge in [0.25, 0.3) is 0 Å². The van der Waals surface area contributed by atoms with Crippen molar-refractivity contribution >= 4 is 52.4 Å². The Balaban J connectivity index is 0.000000152. The number of allylic oxidation sites excluding steroid dienone is 2. The van der Waals surface area contributed by atoms with E-state index in [4.69, 9.17) is 4.74 Å². The number of anilines is 1. The van der Waals surface area contributed by atoms with Crippen LogP contribution in [-0.2, 0) is 33.5 Å². The summed E-state index contributed by atoms with van der Waals surface area (Å²) in [6.07, 6.45) is 2.22. The molecule has 0 saturated heterocycles. The van der Waals surface area contributed by atoms with Crippen LogP contribution in [0.2, 0.25) is 0 Å². The van der Waals surface area contributed by atoms with Crippen LogP contribution in [0.25, 0.3) is 0 Å². The van der Waals surface area contributed by atoms with Gasteiger partial charge in [-0.2, -0.15) is 0 Å². The van der Waals surface area contributed by atoms with Crippen molar-refractivity contribution in [2.75, 3.05) is 5.32 Å². The van der Waals surface area contributed by atoms with Crippen molar-refractivity contribution in [1.82, 2.24) is 0 Å². The maximum absolute atomic E-state index is 11.4. The maximum Gasteiger partial charge on any atom is 0.319 e. The van der Waals surface area contributed by atoms with Crippen LogP contribution in [0, 0.1) is 20.8 Å². The zero-order valence-corrected chi connectivity index (χ0v) is 28.3. The lowest BCUT2D eigenvalue weighted by atomic mass is 9.81. The SMILES string of the molecule is CC1=CC(=O)CC(=O)O1.Cc1ccc2c(c1)C(=O)CC(=O)N2.Cc1ccc2c(c1)C(=O)CC(=O)O2.Cc1ccccc1C1CC(=O)CC(=O)C1. The summed E-state index contributed by atoms with van der Waals surface area (Å²) in [4.78, 5) is 88.2. The van der Waals surface area contributed by atoms with Crippen LogP contribution in [0.5, 0.6) is 5.75 Å². The van der Waals surface area contributed by atoms with E-state index >= 15 is 0 Å². The van der Waals surface area contributed by atoms with Gasteiger partial charge in [0, 0.05) is 24.5 Å². The number of carbonyl (C=O) groups is 8. The zero-order valence-electron chi connectivity index (χ0n) is 28.3. The van der Waals surface area contributed by atoms with Gasteiger partial charge in [-0.1, -0.05) is 47.5 Å². The number of amides is 1. The van der Waals surface area contributed by atoms with Crippen molar-refractivity contribution < 1.29 is 47.8 Å². The molecular weight excluding hydrogens is 642 g/mol. The minimum absolute atomic E-state index is 0.0313. The molecule has 0 spiro atoms. The summed E-state index contributed by atoms with van der Waals surface area (Å²) in [5.74, 6) is -0.536. The Bertz CT molecular complexity index is 1840. The second kappa shape index (κ2) is 16.5. The molecule has 11 heteroatoms. The number of aryl methyl sites for hydroxylation is 3. The molecule has 1 saturated carbocycles. The molecule has 11 nitrogen and oxygen atoms in total. The fourth-order valence-electron chi connectivity index (χ4n) is 5.68. The fraction of sp³-hybridized carbons (Fsp3) is 0.282. The van der Waals surface area contributed by atoms with E-state index in [0.717, 1.165) is 16.7 Å². The molecule has 3 aromatic carbocycles. The lowest BCUT2D eigenvalue weighted by Crippen LogP contribution is -2.23. The number of hydrogen-bond acceptors (Lipinski definition) is 10. The van der Waals surface area contributed by atoms with Crippen molar-refractivity contribution in [3.05, 3.63) is 106 Å². The molecule has 1 fully saturated rings. The highest BCUT2D eigenvalue weighted by Crippen LogP contribution is 2.31. The Morgan fingerprint density at radius 1 is 0.620 bits per heavy atom. The van der Waals surface area contributed by atoms with E-state index in [2.05, 4.69) is 10.1 Å². The van der Waals surface area contributed by atoms with Crippen LogP contribution < -0.4 is 10.1 Å². The third-order valence-electron chi connectivity index (χ3n) is 7.96. The summed E-state index contributed by atoms with van der Waals surface area (Å²) in [5, 5.41) is 2.66. The molecule has 0 aromatic heterocycles. The van der Waals surface area contributed by atoms with E-state index in [1.54, 1.807) is 31.2 Å². The first-order valence-electron chi connectivity index (χ1n) is 16.0. The largest absolute Gasteiger partial charge is 0.431 e. The van der Waals surface area contributed by atoms with Crippen LogP contribution in [0.1, 0.15) is 94.3 Å². The average molecular weight is 680 g/mol. The standard InChI is InChI=1S/C13H14O2.C10H9NO2.C10H8O3.C6H6O3/c1-9-4-2-3-5-13(9)10-6-11(14)8-12(15)7-10;1-6-2-3-8-7(4-6)9(12)5-10(13)11-8;1-6-2-3-9-7(4-6)8(11)5-10(12)13-9;1-4-2-5(7)3-6(8)9-4/h2-5,10H,6-8H2,1H3;2-4H,5H2,1H3,(H,11,13);2-4H,5H2,1H3;2H,3H2,1H3. The van der Waals surface area contributed by atoms with Gasteiger partial charge in [-0.25, -0.2) is 0 Å². The third-order valence-corrected chi connectivity index (χ3v) is 7.96. The molecule has 1 aliphatic carbocycles. The molecule has 258 valence electrons. The number of hydrogen-bond donors (Lipinski definition) is 1. The Hall–Kier alpha value is -5.84. The molecular formula is C39H37NO10. The van der Waals surface area contributed by atoms with E-state index in [0.29, 0.717) is 41.2 Å². The normalized spacial score (nSPS) is 16.8. The van der Waals surface area contributed by atoms with Crippen molar-refractivity contribution in [1.29, 1.82) is 0 Å². The quantitative estimate of drug-likeness (QED) is 0.188. The number of rotatable bonds is 1. The first kappa shape index (κ1) is 37.0. The van der Waals surface area contributed by atoms with Crippen molar-refractivity contribution in [3.8, 4) is 5.75 Å². The first-order valence-corrected chi connectivity index (χ1v) is 16.0. The van der Waals surface area contributed by atoms with E-state index in [9.17, 15) is 38.4 Å². The molecule has 0 unspecified atom stereocenters. The monoisotopic (exact) mass is 679 g/mol. The number of ether oxygens (including phenoxy) is 2. The number of ketones is 5. The summed E-state index contributed by atoms with van der Waals surface area (Å²) >= 11 is 0. The molecule has 3 heterocycles. The number of esters is 2. The van der Waals surface area contributed by atoms with Gasteiger partial charge in [-0.15, -0.1) is 0 Å². The van der Waals surface area contributed by atoms with Crippen molar-refractivity contribution in [2.45, 2.75) is 72.1 Å². The highest BCUT2D eigenvalue weighted by Gasteiger charge is 2.27. The molecule has 1 amide bonds. The van der Waals surface area contributed by atoms with Crippen LogP contribution in [-0.4, -0.2) is 46.8 Å². The van der Waals surface area contributed by atoms with Gasteiger partial charge in [0.05, 0.1) is 24.1 Å². The van der Waals surface area contributed by atoms with Gasteiger partial charge in [0.15, 0.2) is 17.3 Å². The Labute approximate surface area is 289 Å². The molecule has 1 N–H and O–H groups in total. The summed E-state index contributed by atoms with van der Waals surface area (Å²) in [5.41, 5.74) is 6.11. The van der Waals surface area contributed by atoms with Crippen LogP contribution >= 0.6 is 0 Å². The Morgan fingerprint density at radius 3 is 1.86 bits per heavy atom. The molecule has 3 aliphatic heterocycles. The molecule has 0 radical (unpaired) electrons. The van der Waals surface area contributed by atoms with Crippen LogP contribution in [0.3, 0.4) is 0 Å². The van der Waals surface area contributed by atoms with Crippen molar-refractivity contribution in [3.63, 3.8) is 0 Å². The first-order chi connectivity index (χ1) is 23.7. The highest BCUT2D eigenvalue weighted by molar-refractivity contribution is 6.18. The lowest BCUT2D eigenvalue weighted by molar-refractivity contribution is -0.143. The van der Waals surface area contributed by atoms with Crippen molar-refractivity contribution in [2.24, 2.45) is 0 Å². The molecule has 4 aliphatic rings. The number of nitrogens with one attached hydrogen (secondary N) is 1. The third kappa shape index (κ3) is 10.3. The van der Waals surface area contributed by atoms with E-state index in [1.807, 2.05) is 57.2 Å².